The molecule has 1 aliphatic rings. The number of carboxylic acids is 1. The van der Waals surface area contributed by atoms with Crippen LogP contribution in [-0.2, 0) is 0 Å². The number of rotatable bonds is 6. The Balaban J connectivity index is 1.21. The fourth-order valence-electron chi connectivity index (χ4n) is 5.84. The molecule has 0 atom stereocenters. The van der Waals surface area contributed by atoms with Crippen molar-refractivity contribution in [3.05, 3.63) is 119 Å². The Bertz CT molecular complexity index is 2520. The van der Waals surface area contributed by atoms with E-state index in [1.54, 1.807) is 36.4 Å². The molecule has 0 fully saturated rings. The largest absolute Gasteiger partial charge is 0.495 e. The molecule has 0 aliphatic carbocycles. The number of methoxy groups -OCH3 is 1. The van der Waals surface area contributed by atoms with Crippen LogP contribution in [0.15, 0.2) is 99.8 Å². The normalized spacial score (nSPS) is 12.7. The van der Waals surface area contributed by atoms with Gasteiger partial charge in [0.1, 0.15) is 28.4 Å². The topological polar surface area (TPSA) is 136 Å². The molecule has 48 heavy (non-hydrogen) atoms. The van der Waals surface area contributed by atoms with Crippen LogP contribution in [0.5, 0.6) is 5.75 Å². The first-order valence-electron chi connectivity index (χ1n) is 14.4. The lowest BCUT2D eigenvalue weighted by Crippen LogP contribution is -2.29. The zero-order valence-corrected chi connectivity index (χ0v) is 24.7. The minimum atomic E-state index is -1.23. The summed E-state index contributed by atoms with van der Waals surface area (Å²) in [5.41, 5.74) is 2.42. The van der Waals surface area contributed by atoms with E-state index in [1.165, 1.54) is 55.6 Å². The van der Waals surface area contributed by atoms with Gasteiger partial charge in [-0.1, -0.05) is 18.2 Å². The predicted octanol–water partition coefficient (Wildman–Crippen LogP) is 7.76. The number of aromatic carboxylic acids is 1. The van der Waals surface area contributed by atoms with E-state index in [0.29, 0.717) is 27.8 Å². The highest BCUT2D eigenvalue weighted by molar-refractivity contribution is 6.35. The van der Waals surface area contributed by atoms with Crippen LogP contribution >= 0.6 is 0 Å². The van der Waals surface area contributed by atoms with Crippen molar-refractivity contribution in [3.8, 4) is 39.8 Å². The Hall–Kier alpha value is -6.69. The second kappa shape index (κ2) is 10.7. The maximum absolute atomic E-state index is 15.1. The molecule has 0 saturated carbocycles. The van der Waals surface area contributed by atoms with Gasteiger partial charge < -0.3 is 18.7 Å². The van der Waals surface area contributed by atoms with E-state index in [4.69, 9.17) is 13.6 Å². The Kier molecular flexibility index (Phi) is 6.41. The van der Waals surface area contributed by atoms with Crippen LogP contribution in [0, 0.1) is 11.6 Å². The van der Waals surface area contributed by atoms with Crippen molar-refractivity contribution in [1.29, 1.82) is 0 Å². The fraction of sp³-hybridized carbons (Fsp3) is 0.0278. The Morgan fingerprint density at radius 1 is 0.750 bits per heavy atom. The van der Waals surface area contributed by atoms with E-state index in [2.05, 4.69) is 9.97 Å². The first-order chi connectivity index (χ1) is 23.2. The average Bonchev–Trinajstić information content (AvgIpc) is 3.78. The van der Waals surface area contributed by atoms with Gasteiger partial charge in [-0.05, 0) is 78.4 Å². The third-order valence-electron chi connectivity index (χ3n) is 8.07. The third-order valence-corrected chi connectivity index (χ3v) is 8.07. The number of imide groups is 1. The van der Waals surface area contributed by atoms with Crippen LogP contribution in [0.4, 0.5) is 14.5 Å². The molecule has 7 aromatic rings. The van der Waals surface area contributed by atoms with Gasteiger partial charge in [0.25, 0.3) is 11.8 Å². The van der Waals surface area contributed by atoms with Gasteiger partial charge in [0.2, 0.25) is 11.8 Å². The molecule has 234 valence electrons. The SMILES string of the molecule is COc1ccc(-c2nc3c(-c4nc5c(-c6cccc(F)c6)c(F)ccc5o4)cccc3o2)cc1N1C(=O)c2ccc(C(=O)O)cc2C1=O. The minimum Gasteiger partial charge on any atom is -0.495 e. The van der Waals surface area contributed by atoms with E-state index >= 15 is 4.39 Å². The molecule has 0 spiro atoms. The number of ether oxygens (including phenoxy) is 1. The van der Waals surface area contributed by atoms with Crippen molar-refractivity contribution in [2.75, 3.05) is 12.0 Å². The van der Waals surface area contributed by atoms with Crippen molar-refractivity contribution < 1.29 is 41.8 Å². The van der Waals surface area contributed by atoms with Crippen LogP contribution in [0.2, 0.25) is 0 Å². The fourth-order valence-corrected chi connectivity index (χ4v) is 5.84. The summed E-state index contributed by atoms with van der Waals surface area (Å²) in [6, 6.07) is 21.8. The molecule has 0 unspecified atom stereocenters. The zero-order valence-electron chi connectivity index (χ0n) is 24.7. The molecule has 1 N–H and O–H groups in total. The molecule has 2 aromatic heterocycles. The summed E-state index contributed by atoms with van der Waals surface area (Å²) in [7, 11) is 1.39. The zero-order chi connectivity index (χ0) is 33.3. The molecule has 2 amide bonds. The van der Waals surface area contributed by atoms with Crippen molar-refractivity contribution >= 4 is 45.7 Å². The third kappa shape index (κ3) is 4.42. The standard InChI is InChI=1S/C36H19F2N3O7/c1-46-26-12-9-18(16-25(26)41-34(42)21-10-8-19(36(44)45)15-23(21)35(41)43)32-39-30-22(6-3-7-27(30)47-32)33-40-31-28(48-33)13-11-24(38)29(31)17-4-2-5-20(37)14-17/h2-16H,1H3,(H,44,45). The first kappa shape index (κ1) is 28.8. The highest BCUT2D eigenvalue weighted by atomic mass is 19.1. The number of carboxylic acid groups (broad SMARTS) is 1. The highest BCUT2D eigenvalue weighted by Gasteiger charge is 2.39. The summed E-state index contributed by atoms with van der Waals surface area (Å²) in [5.74, 6) is -3.24. The van der Waals surface area contributed by atoms with Crippen LogP contribution in [0.3, 0.4) is 0 Å². The van der Waals surface area contributed by atoms with Gasteiger partial charge in [0.05, 0.1) is 35.1 Å². The summed E-state index contributed by atoms with van der Waals surface area (Å²) in [4.78, 5) is 48.5. The summed E-state index contributed by atoms with van der Waals surface area (Å²) >= 11 is 0. The maximum Gasteiger partial charge on any atom is 0.335 e. The van der Waals surface area contributed by atoms with Crippen molar-refractivity contribution in [1.82, 2.24) is 9.97 Å². The highest BCUT2D eigenvalue weighted by Crippen LogP contribution is 2.40. The molecule has 5 aromatic carbocycles. The lowest BCUT2D eigenvalue weighted by atomic mass is 10.0. The Morgan fingerprint density at radius 3 is 2.29 bits per heavy atom. The van der Waals surface area contributed by atoms with E-state index in [1.807, 2.05) is 0 Å². The van der Waals surface area contributed by atoms with Crippen molar-refractivity contribution in [2.24, 2.45) is 0 Å². The van der Waals surface area contributed by atoms with Gasteiger partial charge in [0, 0.05) is 11.1 Å². The predicted molar refractivity (Wildman–Crippen MR) is 169 cm³/mol. The first-order valence-corrected chi connectivity index (χ1v) is 14.4. The second-order valence-corrected chi connectivity index (χ2v) is 10.9. The van der Waals surface area contributed by atoms with Crippen molar-refractivity contribution in [3.63, 3.8) is 0 Å². The summed E-state index contributed by atoms with van der Waals surface area (Å²) < 4.78 is 46.7. The molecule has 12 heteroatoms. The van der Waals surface area contributed by atoms with E-state index in [9.17, 15) is 23.9 Å². The molecule has 10 nitrogen and oxygen atoms in total. The van der Waals surface area contributed by atoms with Gasteiger partial charge in [0.15, 0.2) is 11.2 Å². The number of hydrogen-bond acceptors (Lipinski definition) is 8. The van der Waals surface area contributed by atoms with Crippen LogP contribution < -0.4 is 9.64 Å². The van der Waals surface area contributed by atoms with Gasteiger partial charge in [-0.15, -0.1) is 0 Å². The molecule has 3 heterocycles. The number of nitrogens with zero attached hydrogens (tertiary/aromatic N) is 3. The number of aromatic nitrogens is 2. The summed E-state index contributed by atoms with van der Waals surface area (Å²) in [6.45, 7) is 0. The second-order valence-electron chi connectivity index (χ2n) is 10.9. The number of carbonyl (C=O) groups is 3. The molecule has 0 saturated heterocycles. The number of amides is 2. The lowest BCUT2D eigenvalue weighted by Gasteiger charge is -2.18. The molecular formula is C36H19F2N3O7. The number of carbonyl (C=O) groups excluding carboxylic acids is 2. The number of fused-ring (bicyclic) bond motifs is 3. The number of hydrogen-bond donors (Lipinski definition) is 1. The summed E-state index contributed by atoms with van der Waals surface area (Å²) in [5, 5.41) is 9.38. The number of benzene rings is 5. The van der Waals surface area contributed by atoms with Crippen LogP contribution in [-0.4, -0.2) is 40.0 Å². The quantitative estimate of drug-likeness (QED) is 0.180. The molecule has 8 rings (SSSR count). The monoisotopic (exact) mass is 643 g/mol. The Labute approximate surface area is 268 Å². The number of halogens is 2. The minimum absolute atomic E-state index is 0.0439. The van der Waals surface area contributed by atoms with Gasteiger partial charge in [-0.3, -0.25) is 9.59 Å². The maximum atomic E-state index is 15.1. The van der Waals surface area contributed by atoms with E-state index < -0.39 is 29.4 Å². The van der Waals surface area contributed by atoms with Crippen LogP contribution in [0.1, 0.15) is 31.1 Å². The Morgan fingerprint density at radius 2 is 1.50 bits per heavy atom. The lowest BCUT2D eigenvalue weighted by molar-refractivity contribution is 0.0696. The van der Waals surface area contributed by atoms with Gasteiger partial charge >= 0.3 is 5.97 Å². The number of anilines is 1. The van der Waals surface area contributed by atoms with Gasteiger partial charge in [-0.25, -0.2) is 28.4 Å². The number of oxazole rings is 2. The van der Waals surface area contributed by atoms with Crippen LogP contribution in [0.25, 0.3) is 56.2 Å². The average molecular weight is 644 g/mol. The van der Waals surface area contributed by atoms with E-state index in [0.717, 1.165) is 11.0 Å². The van der Waals surface area contributed by atoms with Gasteiger partial charge in [-0.2, -0.15) is 0 Å². The molecule has 0 radical (unpaired) electrons. The molecular weight excluding hydrogens is 624 g/mol. The smallest absolute Gasteiger partial charge is 0.335 e. The van der Waals surface area contributed by atoms with Crippen molar-refractivity contribution in [2.45, 2.75) is 0 Å². The summed E-state index contributed by atoms with van der Waals surface area (Å²) in [6.07, 6.45) is 0. The van der Waals surface area contributed by atoms with E-state index in [-0.39, 0.29) is 56.6 Å². The number of para-hydroxylation sites is 1. The molecule has 1 aliphatic heterocycles. The molecule has 0 bridgehead atoms.